The van der Waals surface area contributed by atoms with E-state index in [0.29, 0.717) is 57.4 Å². The number of pyridine rings is 1. The van der Waals surface area contributed by atoms with Gasteiger partial charge in [-0.05, 0) is 31.7 Å². The number of likely N-dealkylation sites (tertiary alicyclic amines) is 1. The topological polar surface area (TPSA) is 89.9 Å². The van der Waals surface area contributed by atoms with Crippen LogP contribution in [0.1, 0.15) is 55.5 Å². The lowest BCUT2D eigenvalue weighted by molar-refractivity contribution is -0.136. The van der Waals surface area contributed by atoms with Gasteiger partial charge in [0, 0.05) is 37.7 Å². The number of halogens is 3. The second-order valence-electron chi connectivity index (χ2n) is 7.70. The molecule has 8 nitrogen and oxygen atoms in total. The summed E-state index contributed by atoms with van der Waals surface area (Å²) in [4.78, 5) is 22.4. The van der Waals surface area contributed by atoms with Crippen LogP contribution in [0.4, 0.5) is 13.2 Å². The second-order valence-corrected chi connectivity index (χ2v) is 7.70. The van der Waals surface area contributed by atoms with Gasteiger partial charge in [0.2, 0.25) is 5.91 Å². The van der Waals surface area contributed by atoms with Crippen molar-refractivity contribution in [2.75, 3.05) is 13.1 Å². The number of amides is 1. The van der Waals surface area contributed by atoms with Gasteiger partial charge in [0.05, 0.1) is 16.6 Å². The molecule has 1 aliphatic heterocycles. The number of carbonyl (C=O) groups excluding carboxylic acids is 1. The third-order valence-corrected chi connectivity index (χ3v) is 5.60. The molecule has 1 unspecified atom stereocenters. The molecule has 1 fully saturated rings. The van der Waals surface area contributed by atoms with Crippen LogP contribution in [0, 0.1) is 0 Å². The number of aryl methyl sites for hydroxylation is 2. The van der Waals surface area contributed by atoms with Crippen LogP contribution in [0.5, 0.6) is 0 Å². The molecule has 1 amide bonds. The van der Waals surface area contributed by atoms with Crippen LogP contribution in [0.15, 0.2) is 23.2 Å². The zero-order chi connectivity index (χ0) is 22.0. The monoisotopic (exact) mass is 436 g/mol. The first-order chi connectivity index (χ1) is 14.9. The van der Waals surface area contributed by atoms with Gasteiger partial charge in [-0.2, -0.15) is 18.3 Å². The molecule has 1 saturated heterocycles. The Hall–Kier alpha value is -2.98. The van der Waals surface area contributed by atoms with Gasteiger partial charge < -0.3 is 9.42 Å². The van der Waals surface area contributed by atoms with Gasteiger partial charge in [-0.25, -0.2) is 9.97 Å². The highest BCUT2D eigenvalue weighted by molar-refractivity contribution is 5.82. The van der Waals surface area contributed by atoms with Crippen LogP contribution < -0.4 is 0 Å². The first-order valence-electron chi connectivity index (χ1n) is 10.3. The maximum absolute atomic E-state index is 13.7. The minimum absolute atomic E-state index is 0.0277. The minimum atomic E-state index is -4.54. The minimum Gasteiger partial charge on any atom is -0.342 e. The fourth-order valence-electron chi connectivity index (χ4n) is 4.03. The Bertz CT molecular complexity index is 1050. The van der Waals surface area contributed by atoms with Gasteiger partial charge in [-0.3, -0.25) is 9.48 Å². The number of hydrogen-bond donors (Lipinski definition) is 0. The number of fused-ring (bicyclic) bond motifs is 1. The Morgan fingerprint density at radius 1 is 1.35 bits per heavy atom. The van der Waals surface area contributed by atoms with E-state index < -0.39 is 11.7 Å². The van der Waals surface area contributed by atoms with E-state index in [1.165, 1.54) is 6.33 Å². The van der Waals surface area contributed by atoms with E-state index in [1.807, 2.05) is 0 Å². The molecule has 0 spiro atoms. The number of aromatic nitrogens is 5. The van der Waals surface area contributed by atoms with E-state index in [0.717, 1.165) is 6.07 Å². The van der Waals surface area contributed by atoms with Gasteiger partial charge >= 0.3 is 6.18 Å². The molecule has 1 atom stereocenters. The number of carbonyl (C=O) groups is 1. The van der Waals surface area contributed by atoms with Crippen molar-refractivity contribution in [2.45, 2.75) is 57.7 Å². The highest BCUT2D eigenvalue weighted by Crippen LogP contribution is 2.40. The molecule has 0 saturated carbocycles. The van der Waals surface area contributed by atoms with E-state index in [4.69, 9.17) is 4.52 Å². The first kappa shape index (κ1) is 21.3. The Labute approximate surface area is 176 Å². The van der Waals surface area contributed by atoms with Crippen molar-refractivity contribution < 1.29 is 22.5 Å². The van der Waals surface area contributed by atoms with Gasteiger partial charge in [0.15, 0.2) is 0 Å². The third kappa shape index (κ3) is 4.54. The average molecular weight is 436 g/mol. The molecule has 3 aromatic heterocycles. The fourth-order valence-corrected chi connectivity index (χ4v) is 4.03. The molecule has 3 aromatic rings. The summed E-state index contributed by atoms with van der Waals surface area (Å²) < 4.78 is 48.1. The highest BCUT2D eigenvalue weighted by Gasteiger charge is 2.38. The van der Waals surface area contributed by atoms with Crippen molar-refractivity contribution in [3.8, 4) is 0 Å². The summed E-state index contributed by atoms with van der Waals surface area (Å²) in [5.41, 5.74) is -0.340. The summed E-state index contributed by atoms with van der Waals surface area (Å²) in [6.45, 7) is 3.21. The van der Waals surface area contributed by atoms with E-state index >= 15 is 0 Å². The van der Waals surface area contributed by atoms with Crippen molar-refractivity contribution in [3.05, 3.63) is 35.7 Å². The molecule has 0 aliphatic carbocycles. The average Bonchev–Trinajstić information content (AvgIpc) is 3.42. The molecule has 0 radical (unpaired) electrons. The molecule has 1 aliphatic rings. The molecule has 11 heteroatoms. The molecule has 4 rings (SSSR count). The molecule has 0 aromatic carbocycles. The SMILES string of the molecule is CCc1cc(C(F)(F)F)c2c(C3CCCN(C(=O)CCCn4cncn4)C3)noc2n1. The lowest BCUT2D eigenvalue weighted by Gasteiger charge is -2.32. The Kier molecular flexibility index (Phi) is 5.92. The summed E-state index contributed by atoms with van der Waals surface area (Å²) in [5.74, 6) is -0.357. The van der Waals surface area contributed by atoms with Crippen molar-refractivity contribution in [3.63, 3.8) is 0 Å². The van der Waals surface area contributed by atoms with Crippen LogP contribution in [-0.4, -0.2) is 48.8 Å². The molecule has 0 bridgehead atoms. The highest BCUT2D eigenvalue weighted by atomic mass is 19.4. The van der Waals surface area contributed by atoms with Crippen LogP contribution in [0.25, 0.3) is 11.1 Å². The van der Waals surface area contributed by atoms with Gasteiger partial charge in [0.1, 0.15) is 12.7 Å². The van der Waals surface area contributed by atoms with Gasteiger partial charge in [-0.1, -0.05) is 12.1 Å². The first-order valence-corrected chi connectivity index (χ1v) is 10.3. The number of rotatable bonds is 6. The molecule has 0 N–H and O–H groups in total. The number of nitrogens with zero attached hydrogens (tertiary/aromatic N) is 6. The van der Waals surface area contributed by atoms with Crippen LogP contribution >= 0.6 is 0 Å². The fraction of sp³-hybridized carbons (Fsp3) is 0.550. The summed E-state index contributed by atoms with van der Waals surface area (Å²) in [6, 6.07) is 1.07. The van der Waals surface area contributed by atoms with E-state index in [9.17, 15) is 18.0 Å². The molecule has 31 heavy (non-hydrogen) atoms. The molecular formula is C20H23F3N6O2. The Balaban J connectivity index is 1.52. The maximum atomic E-state index is 13.7. The standard InChI is InChI=1S/C20H23F3N6O2/c1-2-14-9-15(20(21,22)23)17-18(27-31-19(17)26-14)13-5-3-7-28(10-13)16(30)6-4-8-29-12-24-11-25-29/h9,11-13H,2-8,10H2,1H3. The molecule has 4 heterocycles. The predicted octanol–water partition coefficient (Wildman–Crippen LogP) is 3.58. The second kappa shape index (κ2) is 8.64. The third-order valence-electron chi connectivity index (χ3n) is 5.60. The van der Waals surface area contributed by atoms with E-state index in [2.05, 4.69) is 20.2 Å². The van der Waals surface area contributed by atoms with Crippen molar-refractivity contribution in [1.82, 2.24) is 29.8 Å². The maximum Gasteiger partial charge on any atom is 0.417 e. The van der Waals surface area contributed by atoms with Crippen LogP contribution in [0.2, 0.25) is 0 Å². The van der Waals surface area contributed by atoms with Crippen molar-refractivity contribution >= 4 is 17.0 Å². The number of alkyl halides is 3. The molecule has 166 valence electrons. The quantitative estimate of drug-likeness (QED) is 0.587. The van der Waals surface area contributed by atoms with E-state index in [-0.39, 0.29) is 28.6 Å². The van der Waals surface area contributed by atoms with Gasteiger partial charge in [0.25, 0.3) is 5.71 Å². The van der Waals surface area contributed by atoms with Crippen LogP contribution in [0.3, 0.4) is 0 Å². The van der Waals surface area contributed by atoms with Gasteiger partial charge in [-0.15, -0.1) is 0 Å². The largest absolute Gasteiger partial charge is 0.417 e. The summed E-state index contributed by atoms with van der Waals surface area (Å²) in [7, 11) is 0. The zero-order valence-electron chi connectivity index (χ0n) is 17.1. The zero-order valence-corrected chi connectivity index (χ0v) is 17.1. The Morgan fingerprint density at radius 2 is 2.19 bits per heavy atom. The predicted molar refractivity (Wildman–Crippen MR) is 104 cm³/mol. The normalized spacial score (nSPS) is 17.4. The van der Waals surface area contributed by atoms with E-state index in [1.54, 1.807) is 22.8 Å². The van der Waals surface area contributed by atoms with Crippen molar-refractivity contribution in [1.29, 1.82) is 0 Å². The lowest BCUT2D eigenvalue weighted by Crippen LogP contribution is -2.39. The lowest BCUT2D eigenvalue weighted by atomic mass is 9.91. The summed E-state index contributed by atoms with van der Waals surface area (Å²) in [5, 5.41) is 7.88. The van der Waals surface area contributed by atoms with Crippen molar-refractivity contribution in [2.24, 2.45) is 0 Å². The summed E-state index contributed by atoms with van der Waals surface area (Å²) >= 11 is 0. The smallest absolute Gasteiger partial charge is 0.342 e. The number of piperidine rings is 1. The number of hydrogen-bond acceptors (Lipinski definition) is 6. The molecular weight excluding hydrogens is 413 g/mol. The summed E-state index contributed by atoms with van der Waals surface area (Å²) in [6.07, 6.45) is 1.11. The van der Waals surface area contributed by atoms with Crippen LogP contribution in [-0.2, 0) is 23.9 Å². The Morgan fingerprint density at radius 3 is 2.90 bits per heavy atom.